The molecule has 2 aliphatic rings. The van der Waals surface area contributed by atoms with Crippen molar-refractivity contribution < 1.29 is 18.8 Å². The number of nitrogens with one attached hydrogen (secondary N) is 1. The van der Waals surface area contributed by atoms with Crippen molar-refractivity contribution in [2.75, 3.05) is 11.4 Å². The van der Waals surface area contributed by atoms with E-state index in [4.69, 9.17) is 11.6 Å². The zero-order valence-electron chi connectivity index (χ0n) is 11.6. The predicted octanol–water partition coefficient (Wildman–Crippen LogP) is 1.68. The molecule has 116 valence electrons. The molecule has 5 nitrogen and oxygen atoms in total. The Morgan fingerprint density at radius 1 is 1.32 bits per heavy atom. The molecule has 1 N–H and O–H groups in total. The van der Waals surface area contributed by atoms with Gasteiger partial charge in [0.05, 0.1) is 10.9 Å². The first-order valence-electron chi connectivity index (χ1n) is 7.04. The first-order valence-corrected chi connectivity index (χ1v) is 7.42. The van der Waals surface area contributed by atoms with E-state index in [0.717, 1.165) is 0 Å². The Kier molecular flexibility index (Phi) is 3.87. The lowest BCUT2D eigenvalue weighted by molar-refractivity contribution is -0.139. The van der Waals surface area contributed by atoms with E-state index < -0.39 is 11.9 Å². The monoisotopic (exact) mass is 324 g/mol. The summed E-state index contributed by atoms with van der Waals surface area (Å²) in [6.07, 6.45) is 0.980. The Hall–Kier alpha value is -1.95. The van der Waals surface area contributed by atoms with Crippen molar-refractivity contribution in [2.24, 2.45) is 5.92 Å². The third-order valence-corrected chi connectivity index (χ3v) is 4.35. The standard InChI is InChI=1S/C15H14ClFN2O3/c16-11-7-9(1-2-12(11)17)19-4-3-13(15(19)22)18-14(21)8-5-10(20)6-8/h1-2,7-8,13H,3-6H2,(H,18,21). The summed E-state index contributed by atoms with van der Waals surface area (Å²) in [7, 11) is 0. The van der Waals surface area contributed by atoms with Crippen molar-refractivity contribution in [2.45, 2.75) is 25.3 Å². The van der Waals surface area contributed by atoms with Gasteiger partial charge in [-0.2, -0.15) is 0 Å². The highest BCUT2D eigenvalue weighted by atomic mass is 35.5. The largest absolute Gasteiger partial charge is 0.344 e. The minimum atomic E-state index is -0.605. The number of hydrogen-bond donors (Lipinski definition) is 1. The van der Waals surface area contributed by atoms with E-state index >= 15 is 0 Å². The minimum absolute atomic E-state index is 0.0502. The molecule has 1 saturated heterocycles. The maximum atomic E-state index is 13.2. The average Bonchev–Trinajstić information content (AvgIpc) is 2.80. The zero-order valence-corrected chi connectivity index (χ0v) is 12.4. The van der Waals surface area contributed by atoms with Crippen LogP contribution in [0.5, 0.6) is 0 Å². The van der Waals surface area contributed by atoms with Crippen LogP contribution in [-0.2, 0) is 14.4 Å². The lowest BCUT2D eigenvalue weighted by Gasteiger charge is -2.24. The third kappa shape index (κ3) is 2.70. The predicted molar refractivity (Wildman–Crippen MR) is 78.0 cm³/mol. The topological polar surface area (TPSA) is 66.5 Å². The quantitative estimate of drug-likeness (QED) is 0.920. The van der Waals surface area contributed by atoms with Crippen molar-refractivity contribution in [3.8, 4) is 0 Å². The van der Waals surface area contributed by atoms with E-state index in [9.17, 15) is 18.8 Å². The fraction of sp³-hybridized carbons (Fsp3) is 0.400. The molecule has 1 atom stereocenters. The van der Waals surface area contributed by atoms with Gasteiger partial charge in [0.25, 0.3) is 0 Å². The van der Waals surface area contributed by atoms with Crippen molar-refractivity contribution in [1.29, 1.82) is 0 Å². The number of hydrogen-bond acceptors (Lipinski definition) is 3. The molecule has 1 aromatic rings. The molecule has 1 saturated carbocycles. The second-order valence-corrected chi connectivity index (χ2v) is 5.99. The molecule has 22 heavy (non-hydrogen) atoms. The van der Waals surface area contributed by atoms with Gasteiger partial charge in [0.2, 0.25) is 11.8 Å². The maximum absolute atomic E-state index is 13.2. The summed E-state index contributed by atoms with van der Waals surface area (Å²) in [5, 5.41) is 2.64. The number of ketones is 1. The van der Waals surface area contributed by atoms with Gasteiger partial charge in [0.1, 0.15) is 17.6 Å². The first-order chi connectivity index (χ1) is 10.5. The number of benzene rings is 1. The van der Waals surface area contributed by atoms with Gasteiger partial charge in [-0.1, -0.05) is 11.6 Å². The van der Waals surface area contributed by atoms with E-state index in [1.54, 1.807) is 0 Å². The van der Waals surface area contributed by atoms with Crippen LogP contribution in [0.3, 0.4) is 0 Å². The molecule has 1 unspecified atom stereocenters. The van der Waals surface area contributed by atoms with Crippen LogP contribution in [0.15, 0.2) is 18.2 Å². The summed E-state index contributed by atoms with van der Waals surface area (Å²) < 4.78 is 13.2. The maximum Gasteiger partial charge on any atom is 0.249 e. The SMILES string of the molecule is O=C1CC(C(=O)NC2CCN(c3ccc(F)c(Cl)c3)C2=O)C1. The van der Waals surface area contributed by atoms with E-state index in [1.165, 1.54) is 23.1 Å². The van der Waals surface area contributed by atoms with Gasteiger partial charge in [0, 0.05) is 25.1 Å². The molecule has 2 fully saturated rings. The van der Waals surface area contributed by atoms with Crippen LogP contribution in [-0.4, -0.2) is 30.2 Å². The van der Waals surface area contributed by atoms with Crippen LogP contribution in [0.1, 0.15) is 19.3 Å². The molecular weight excluding hydrogens is 311 g/mol. The molecule has 0 bridgehead atoms. The second kappa shape index (κ2) is 5.68. The van der Waals surface area contributed by atoms with Crippen LogP contribution in [0.4, 0.5) is 10.1 Å². The highest BCUT2D eigenvalue weighted by molar-refractivity contribution is 6.31. The smallest absolute Gasteiger partial charge is 0.249 e. The number of Topliss-reactive ketones (excluding diaryl/α,β-unsaturated/α-hetero) is 1. The van der Waals surface area contributed by atoms with E-state index in [2.05, 4.69) is 5.32 Å². The van der Waals surface area contributed by atoms with E-state index in [0.29, 0.717) is 18.7 Å². The van der Waals surface area contributed by atoms with Gasteiger partial charge >= 0.3 is 0 Å². The Morgan fingerprint density at radius 2 is 2.05 bits per heavy atom. The number of anilines is 1. The van der Waals surface area contributed by atoms with Gasteiger partial charge in [0.15, 0.2) is 0 Å². The average molecular weight is 325 g/mol. The molecule has 1 aromatic carbocycles. The highest BCUT2D eigenvalue weighted by Gasteiger charge is 2.38. The van der Waals surface area contributed by atoms with Crippen molar-refractivity contribution >= 4 is 34.9 Å². The lowest BCUT2D eigenvalue weighted by atomic mass is 9.83. The summed E-state index contributed by atoms with van der Waals surface area (Å²) in [5.74, 6) is -1.29. The van der Waals surface area contributed by atoms with Crippen LogP contribution in [0.25, 0.3) is 0 Å². The zero-order chi connectivity index (χ0) is 15.9. The van der Waals surface area contributed by atoms with Crippen molar-refractivity contribution in [3.63, 3.8) is 0 Å². The fourth-order valence-electron chi connectivity index (χ4n) is 2.69. The molecule has 7 heteroatoms. The molecule has 0 radical (unpaired) electrons. The lowest BCUT2D eigenvalue weighted by Crippen LogP contribution is -2.47. The fourth-order valence-corrected chi connectivity index (χ4v) is 2.86. The molecule has 3 rings (SSSR count). The Bertz CT molecular complexity index is 656. The normalized spacial score (nSPS) is 21.9. The third-order valence-electron chi connectivity index (χ3n) is 4.06. The Morgan fingerprint density at radius 3 is 2.68 bits per heavy atom. The number of rotatable bonds is 3. The molecule has 0 spiro atoms. The minimum Gasteiger partial charge on any atom is -0.344 e. The van der Waals surface area contributed by atoms with E-state index in [-0.39, 0.29) is 41.4 Å². The molecule has 1 aliphatic heterocycles. The number of amides is 2. The van der Waals surface area contributed by atoms with Gasteiger partial charge in [-0.25, -0.2) is 4.39 Å². The van der Waals surface area contributed by atoms with E-state index in [1.807, 2.05) is 0 Å². The van der Waals surface area contributed by atoms with Gasteiger partial charge < -0.3 is 10.2 Å². The molecule has 2 amide bonds. The van der Waals surface area contributed by atoms with Gasteiger partial charge in [-0.15, -0.1) is 0 Å². The molecule has 1 heterocycles. The van der Waals surface area contributed by atoms with Crippen LogP contribution in [0, 0.1) is 11.7 Å². The summed E-state index contributed by atoms with van der Waals surface area (Å²) >= 11 is 5.73. The molecule has 1 aliphatic carbocycles. The van der Waals surface area contributed by atoms with Gasteiger partial charge in [-0.05, 0) is 24.6 Å². The van der Waals surface area contributed by atoms with Crippen molar-refractivity contribution in [3.05, 3.63) is 29.0 Å². The molecular formula is C15H14ClFN2O3. The number of nitrogens with zero attached hydrogens (tertiary/aromatic N) is 1. The summed E-state index contributed by atoms with van der Waals surface area (Å²) in [6.45, 7) is 0.426. The first kappa shape index (κ1) is 15.0. The van der Waals surface area contributed by atoms with Crippen LogP contribution in [0.2, 0.25) is 5.02 Å². The van der Waals surface area contributed by atoms with Gasteiger partial charge in [-0.3, -0.25) is 14.4 Å². The summed E-state index contributed by atoms with van der Waals surface area (Å²) in [6, 6.07) is 3.47. The Balaban J connectivity index is 1.65. The highest BCUT2D eigenvalue weighted by Crippen LogP contribution is 2.27. The Labute approximate surface area is 131 Å². The second-order valence-electron chi connectivity index (χ2n) is 5.58. The summed E-state index contributed by atoms with van der Waals surface area (Å²) in [5.41, 5.74) is 0.506. The number of carbonyl (C=O) groups is 3. The van der Waals surface area contributed by atoms with Crippen LogP contribution < -0.4 is 10.2 Å². The number of halogens is 2. The van der Waals surface area contributed by atoms with Crippen LogP contribution >= 0.6 is 11.6 Å². The van der Waals surface area contributed by atoms with Crippen molar-refractivity contribution in [1.82, 2.24) is 5.32 Å². The number of carbonyl (C=O) groups excluding carboxylic acids is 3. The summed E-state index contributed by atoms with van der Waals surface area (Å²) in [4.78, 5) is 36.6. The molecule has 0 aromatic heterocycles.